The molecule has 1 saturated carbocycles. The fraction of sp³-hybridized carbons (Fsp3) is 0.273. The number of amides is 1. The van der Waals surface area contributed by atoms with Crippen molar-refractivity contribution < 1.29 is 18.7 Å². The van der Waals surface area contributed by atoms with Crippen molar-refractivity contribution in [1.29, 1.82) is 0 Å². The molecular weight excluding hydrogens is 373 g/mol. The highest BCUT2D eigenvalue weighted by Gasteiger charge is 2.34. The first-order valence-corrected chi connectivity index (χ1v) is 9.53. The molecule has 0 radical (unpaired) electrons. The number of halogens is 1. The molecular formula is C22H20FN3O3. The predicted octanol–water partition coefficient (Wildman–Crippen LogP) is 3.49. The molecule has 0 bridgehead atoms. The van der Waals surface area contributed by atoms with E-state index in [1.165, 1.54) is 12.1 Å². The van der Waals surface area contributed by atoms with Crippen molar-refractivity contribution in [1.82, 2.24) is 15.1 Å². The number of hydrogen-bond acceptors (Lipinski definition) is 4. The molecule has 1 aromatic heterocycles. The molecule has 1 amide bonds. The van der Waals surface area contributed by atoms with Gasteiger partial charge in [-0.25, -0.2) is 9.07 Å². The fourth-order valence-electron chi connectivity index (χ4n) is 3.81. The lowest BCUT2D eigenvalue weighted by molar-refractivity contribution is 0.0945. The highest BCUT2D eigenvalue weighted by atomic mass is 19.1. The van der Waals surface area contributed by atoms with Gasteiger partial charge >= 0.3 is 0 Å². The molecule has 148 valence electrons. The first-order valence-electron chi connectivity index (χ1n) is 9.53. The standard InChI is InChI=1S/C22H20FN3O3/c1-28-18-10-12-9-17-20(22(27)24-14-5-6-14)25-26(15-7-3-13(23)4-8-15)21(17)16(12)11-19(18)29-2/h3-4,7-8,10-11,14H,5-6,9H2,1-2H3,(H,24,27). The Morgan fingerprint density at radius 1 is 1.14 bits per heavy atom. The second-order valence-corrected chi connectivity index (χ2v) is 7.35. The Bertz CT molecular complexity index is 1120. The number of carbonyl (C=O) groups excluding carboxylic acids is 1. The van der Waals surface area contributed by atoms with Crippen LogP contribution in [0.25, 0.3) is 16.9 Å². The summed E-state index contributed by atoms with van der Waals surface area (Å²) in [5.41, 5.74) is 4.75. The minimum Gasteiger partial charge on any atom is -0.493 e. The van der Waals surface area contributed by atoms with E-state index < -0.39 is 0 Å². The van der Waals surface area contributed by atoms with Crippen molar-refractivity contribution in [2.75, 3.05) is 14.2 Å². The Labute approximate surface area is 167 Å². The molecule has 6 nitrogen and oxygen atoms in total. The van der Waals surface area contributed by atoms with Crippen LogP contribution in [0.1, 0.15) is 34.5 Å². The Balaban J connectivity index is 1.69. The smallest absolute Gasteiger partial charge is 0.272 e. The Morgan fingerprint density at radius 2 is 1.83 bits per heavy atom. The van der Waals surface area contributed by atoms with E-state index in [0.717, 1.165) is 35.2 Å². The third kappa shape index (κ3) is 2.93. The second kappa shape index (κ2) is 6.62. The summed E-state index contributed by atoms with van der Waals surface area (Å²) in [6.45, 7) is 0. The molecule has 1 heterocycles. The number of nitrogens with one attached hydrogen (secondary N) is 1. The van der Waals surface area contributed by atoms with Gasteiger partial charge in [0.1, 0.15) is 5.82 Å². The van der Waals surface area contributed by atoms with Crippen LogP contribution in [0.15, 0.2) is 36.4 Å². The van der Waals surface area contributed by atoms with Crippen LogP contribution in [-0.2, 0) is 6.42 Å². The van der Waals surface area contributed by atoms with Crippen molar-refractivity contribution in [3.8, 4) is 28.4 Å². The molecule has 29 heavy (non-hydrogen) atoms. The average molecular weight is 393 g/mol. The predicted molar refractivity (Wildman–Crippen MR) is 105 cm³/mol. The van der Waals surface area contributed by atoms with Gasteiger partial charge in [-0.1, -0.05) is 0 Å². The number of hydrogen-bond donors (Lipinski definition) is 1. The normalized spacial score (nSPS) is 14.3. The summed E-state index contributed by atoms with van der Waals surface area (Å²) < 4.78 is 26.1. The lowest BCUT2D eigenvalue weighted by Gasteiger charge is -2.12. The van der Waals surface area contributed by atoms with Crippen LogP contribution in [0, 0.1) is 5.82 Å². The van der Waals surface area contributed by atoms with Crippen LogP contribution in [0.3, 0.4) is 0 Å². The third-order valence-electron chi connectivity index (χ3n) is 5.41. The van der Waals surface area contributed by atoms with E-state index in [1.807, 2.05) is 12.1 Å². The zero-order chi connectivity index (χ0) is 20.1. The van der Waals surface area contributed by atoms with E-state index in [2.05, 4.69) is 10.4 Å². The molecule has 1 N–H and O–H groups in total. The van der Waals surface area contributed by atoms with E-state index in [0.29, 0.717) is 29.3 Å². The molecule has 2 aliphatic carbocycles. The molecule has 0 atom stereocenters. The van der Waals surface area contributed by atoms with Crippen LogP contribution < -0.4 is 14.8 Å². The molecule has 0 unspecified atom stereocenters. The number of nitrogens with zero attached hydrogens (tertiary/aromatic N) is 2. The second-order valence-electron chi connectivity index (χ2n) is 7.35. The maximum atomic E-state index is 13.5. The maximum absolute atomic E-state index is 13.5. The van der Waals surface area contributed by atoms with Gasteiger partial charge in [-0.05, 0) is 54.8 Å². The van der Waals surface area contributed by atoms with Gasteiger partial charge in [0.25, 0.3) is 5.91 Å². The summed E-state index contributed by atoms with van der Waals surface area (Å²) in [5, 5.41) is 7.64. The number of fused-ring (bicyclic) bond motifs is 3. The minimum absolute atomic E-state index is 0.170. The van der Waals surface area contributed by atoms with Gasteiger partial charge < -0.3 is 14.8 Å². The first kappa shape index (κ1) is 17.7. The molecule has 0 spiro atoms. The van der Waals surface area contributed by atoms with E-state index >= 15 is 0 Å². The molecule has 1 fully saturated rings. The van der Waals surface area contributed by atoms with Crippen molar-refractivity contribution >= 4 is 5.91 Å². The van der Waals surface area contributed by atoms with Crippen molar-refractivity contribution in [2.45, 2.75) is 25.3 Å². The summed E-state index contributed by atoms with van der Waals surface area (Å²) in [5.74, 6) is 0.754. The van der Waals surface area contributed by atoms with Gasteiger partial charge in [0.15, 0.2) is 17.2 Å². The quantitative estimate of drug-likeness (QED) is 0.564. The van der Waals surface area contributed by atoms with Crippen LogP contribution in [0.2, 0.25) is 0 Å². The summed E-state index contributed by atoms with van der Waals surface area (Å²) >= 11 is 0. The van der Waals surface area contributed by atoms with Crippen LogP contribution >= 0.6 is 0 Å². The number of ether oxygens (including phenoxy) is 2. The van der Waals surface area contributed by atoms with Gasteiger partial charge in [-0.2, -0.15) is 5.10 Å². The third-order valence-corrected chi connectivity index (χ3v) is 5.41. The lowest BCUT2D eigenvalue weighted by Crippen LogP contribution is -2.26. The molecule has 2 aliphatic rings. The molecule has 0 aliphatic heterocycles. The largest absolute Gasteiger partial charge is 0.493 e. The van der Waals surface area contributed by atoms with E-state index in [4.69, 9.17) is 9.47 Å². The SMILES string of the molecule is COc1cc2c(cc1OC)-c1c(c(C(=O)NC3CC3)nn1-c1ccc(F)cc1)C2. The van der Waals surface area contributed by atoms with E-state index in [9.17, 15) is 9.18 Å². The Kier molecular flexibility index (Phi) is 4.04. The summed E-state index contributed by atoms with van der Waals surface area (Å²) in [7, 11) is 3.19. The van der Waals surface area contributed by atoms with Crippen LogP contribution in [0.4, 0.5) is 4.39 Å². The minimum atomic E-state index is -0.323. The van der Waals surface area contributed by atoms with Gasteiger partial charge in [-0.15, -0.1) is 0 Å². The molecule has 7 heteroatoms. The molecule has 2 aromatic carbocycles. The summed E-state index contributed by atoms with van der Waals surface area (Å²) in [4.78, 5) is 12.9. The fourth-order valence-corrected chi connectivity index (χ4v) is 3.81. The Hall–Kier alpha value is -3.35. The van der Waals surface area contributed by atoms with Crippen molar-refractivity contribution in [3.05, 3.63) is 59.0 Å². The number of aromatic nitrogens is 2. The first-order chi connectivity index (χ1) is 14.1. The maximum Gasteiger partial charge on any atom is 0.272 e. The summed E-state index contributed by atoms with van der Waals surface area (Å²) in [6, 6.07) is 10.2. The molecule has 3 aromatic rings. The zero-order valence-corrected chi connectivity index (χ0v) is 16.2. The lowest BCUT2D eigenvalue weighted by atomic mass is 10.1. The van der Waals surface area contributed by atoms with Gasteiger partial charge in [0.05, 0.1) is 25.6 Å². The van der Waals surface area contributed by atoms with Gasteiger partial charge in [0.2, 0.25) is 0 Å². The van der Waals surface area contributed by atoms with E-state index in [-0.39, 0.29) is 17.8 Å². The zero-order valence-electron chi connectivity index (χ0n) is 16.2. The number of benzene rings is 2. The topological polar surface area (TPSA) is 65.4 Å². The average Bonchev–Trinajstić information content (AvgIpc) is 3.35. The van der Waals surface area contributed by atoms with Crippen LogP contribution in [-0.4, -0.2) is 35.9 Å². The van der Waals surface area contributed by atoms with Gasteiger partial charge in [0, 0.05) is 23.6 Å². The number of carbonyl (C=O) groups is 1. The molecule has 0 saturated heterocycles. The van der Waals surface area contributed by atoms with Gasteiger partial charge in [-0.3, -0.25) is 4.79 Å². The number of methoxy groups -OCH3 is 2. The van der Waals surface area contributed by atoms with Crippen molar-refractivity contribution in [3.63, 3.8) is 0 Å². The van der Waals surface area contributed by atoms with Crippen molar-refractivity contribution in [2.24, 2.45) is 0 Å². The Morgan fingerprint density at radius 3 is 2.48 bits per heavy atom. The highest BCUT2D eigenvalue weighted by Crippen LogP contribution is 2.44. The number of rotatable bonds is 5. The molecule has 5 rings (SSSR count). The highest BCUT2D eigenvalue weighted by molar-refractivity contribution is 5.97. The summed E-state index contributed by atoms with van der Waals surface area (Å²) in [6.07, 6.45) is 2.57. The van der Waals surface area contributed by atoms with E-state index in [1.54, 1.807) is 31.0 Å². The van der Waals surface area contributed by atoms with Crippen LogP contribution in [0.5, 0.6) is 11.5 Å². The monoisotopic (exact) mass is 393 g/mol.